The van der Waals surface area contributed by atoms with E-state index in [2.05, 4.69) is 193 Å². The fourth-order valence-corrected chi connectivity index (χ4v) is 8.86. The summed E-state index contributed by atoms with van der Waals surface area (Å²) in [5, 5.41) is 2.46. The van der Waals surface area contributed by atoms with Crippen LogP contribution in [0.2, 0.25) is 0 Å². The highest BCUT2D eigenvalue weighted by molar-refractivity contribution is 7.23. The molecule has 0 unspecified atom stereocenters. The van der Waals surface area contributed by atoms with Gasteiger partial charge >= 0.3 is 0 Å². The van der Waals surface area contributed by atoms with Crippen molar-refractivity contribution >= 4 is 32.3 Å². The molecular formula is C50H33N3S. The standard InChI is InChI=1S/C50H33N3S/c1-5-18-34(19-6-1)42-33-43(35-20-7-2-8-21-35)52-50(51-42)38-26-17-27-39(32-38)53-44-30-15-13-28-40(44)46(36-22-9-3-10-23-36)48(53)49-47(37-24-11-4-12-25-37)41-29-14-16-31-45(41)54-49/h1-33H. The molecule has 10 aromatic rings. The summed E-state index contributed by atoms with van der Waals surface area (Å²) in [5.74, 6) is 0.685. The molecule has 7 aromatic carbocycles. The Labute approximate surface area is 318 Å². The topological polar surface area (TPSA) is 30.7 Å². The van der Waals surface area contributed by atoms with Crippen molar-refractivity contribution in [3.8, 4) is 72.4 Å². The van der Waals surface area contributed by atoms with E-state index in [-0.39, 0.29) is 0 Å². The highest BCUT2D eigenvalue weighted by Gasteiger charge is 2.26. The molecule has 254 valence electrons. The molecule has 4 heteroatoms. The molecule has 0 radical (unpaired) electrons. The molecule has 0 aliphatic heterocycles. The molecule has 0 fully saturated rings. The number of hydrogen-bond acceptors (Lipinski definition) is 3. The zero-order valence-corrected chi connectivity index (χ0v) is 30.1. The molecule has 0 saturated carbocycles. The van der Waals surface area contributed by atoms with E-state index in [4.69, 9.17) is 9.97 Å². The second kappa shape index (κ2) is 13.6. The van der Waals surface area contributed by atoms with Crippen molar-refractivity contribution in [3.63, 3.8) is 0 Å². The van der Waals surface area contributed by atoms with Gasteiger partial charge in [0, 0.05) is 49.0 Å². The second-order valence-corrected chi connectivity index (χ2v) is 14.4. The van der Waals surface area contributed by atoms with Crippen molar-refractivity contribution in [2.75, 3.05) is 0 Å². The van der Waals surface area contributed by atoms with Crippen LogP contribution in [0.25, 0.3) is 93.4 Å². The molecule has 3 heterocycles. The van der Waals surface area contributed by atoms with Gasteiger partial charge in [-0.2, -0.15) is 0 Å². The van der Waals surface area contributed by atoms with Gasteiger partial charge in [0.15, 0.2) is 5.82 Å². The lowest BCUT2D eigenvalue weighted by atomic mass is 9.96. The maximum atomic E-state index is 5.19. The van der Waals surface area contributed by atoms with Gasteiger partial charge in [0.05, 0.1) is 27.5 Å². The molecular weight excluding hydrogens is 675 g/mol. The number of aromatic nitrogens is 3. The monoisotopic (exact) mass is 707 g/mol. The molecule has 0 aliphatic rings. The molecule has 0 atom stereocenters. The number of rotatable bonds is 7. The van der Waals surface area contributed by atoms with E-state index in [0.29, 0.717) is 5.82 Å². The Hall–Kier alpha value is -6.88. The van der Waals surface area contributed by atoms with Crippen molar-refractivity contribution in [3.05, 3.63) is 200 Å². The normalized spacial score (nSPS) is 11.3. The third kappa shape index (κ3) is 5.61. The minimum Gasteiger partial charge on any atom is -0.308 e. The Balaban J connectivity index is 1.26. The van der Waals surface area contributed by atoms with Gasteiger partial charge in [0.1, 0.15) is 0 Å². The molecule has 10 rings (SSSR count). The SMILES string of the molecule is c1ccc(-c2cc(-c3ccccc3)nc(-c3cccc(-n4c(-c5sc6ccccc6c5-c5ccccc5)c(-c5ccccc5)c5ccccc54)c3)n2)cc1. The van der Waals surface area contributed by atoms with Crippen LogP contribution in [0.4, 0.5) is 0 Å². The van der Waals surface area contributed by atoms with Crippen LogP contribution >= 0.6 is 11.3 Å². The second-order valence-electron chi connectivity index (χ2n) is 13.4. The predicted molar refractivity (Wildman–Crippen MR) is 227 cm³/mol. The fraction of sp³-hybridized carbons (Fsp3) is 0. The van der Waals surface area contributed by atoms with Gasteiger partial charge in [0.25, 0.3) is 0 Å². The third-order valence-corrected chi connectivity index (χ3v) is 11.2. The largest absolute Gasteiger partial charge is 0.308 e. The minimum absolute atomic E-state index is 0.685. The van der Waals surface area contributed by atoms with Gasteiger partial charge in [-0.15, -0.1) is 11.3 Å². The quantitative estimate of drug-likeness (QED) is 0.165. The van der Waals surface area contributed by atoms with E-state index in [0.717, 1.165) is 39.3 Å². The van der Waals surface area contributed by atoms with Crippen LogP contribution in [-0.2, 0) is 0 Å². The summed E-state index contributed by atoms with van der Waals surface area (Å²) in [5.41, 5.74) is 13.1. The van der Waals surface area contributed by atoms with Crippen LogP contribution in [0.15, 0.2) is 200 Å². The number of nitrogens with zero attached hydrogens (tertiary/aromatic N) is 3. The highest BCUT2D eigenvalue weighted by atomic mass is 32.1. The lowest BCUT2D eigenvalue weighted by Gasteiger charge is -2.15. The van der Waals surface area contributed by atoms with Gasteiger partial charge in [0.2, 0.25) is 0 Å². The number of hydrogen-bond donors (Lipinski definition) is 0. The van der Waals surface area contributed by atoms with Gasteiger partial charge in [-0.25, -0.2) is 9.97 Å². The van der Waals surface area contributed by atoms with Crippen molar-refractivity contribution in [1.82, 2.24) is 14.5 Å². The van der Waals surface area contributed by atoms with Crippen LogP contribution in [0, 0.1) is 0 Å². The summed E-state index contributed by atoms with van der Waals surface area (Å²) in [6, 6.07) is 70.8. The molecule has 0 aliphatic carbocycles. The van der Waals surface area contributed by atoms with Crippen molar-refractivity contribution in [2.24, 2.45) is 0 Å². The molecule has 54 heavy (non-hydrogen) atoms. The maximum Gasteiger partial charge on any atom is 0.160 e. The average molecular weight is 708 g/mol. The first-order chi connectivity index (χ1) is 26.8. The minimum atomic E-state index is 0.685. The average Bonchev–Trinajstić information content (AvgIpc) is 3.81. The molecule has 0 spiro atoms. The number of thiophene rings is 1. The van der Waals surface area contributed by atoms with Crippen LogP contribution < -0.4 is 0 Å². The summed E-state index contributed by atoms with van der Waals surface area (Å²) in [6.07, 6.45) is 0. The molecule has 0 amide bonds. The van der Waals surface area contributed by atoms with E-state index in [1.807, 2.05) is 23.5 Å². The molecule has 3 aromatic heterocycles. The number of fused-ring (bicyclic) bond motifs is 2. The lowest BCUT2D eigenvalue weighted by Crippen LogP contribution is -2.00. The van der Waals surface area contributed by atoms with Crippen molar-refractivity contribution < 1.29 is 0 Å². The summed E-state index contributed by atoms with van der Waals surface area (Å²) < 4.78 is 3.72. The number of benzene rings is 7. The molecule has 0 bridgehead atoms. The summed E-state index contributed by atoms with van der Waals surface area (Å²) in [7, 11) is 0. The maximum absolute atomic E-state index is 5.19. The highest BCUT2D eigenvalue weighted by Crippen LogP contribution is 2.51. The Kier molecular flexibility index (Phi) is 8.01. The van der Waals surface area contributed by atoms with Gasteiger partial charge in [-0.3, -0.25) is 0 Å². The Morgan fingerprint density at radius 3 is 1.52 bits per heavy atom. The van der Waals surface area contributed by atoms with E-state index in [1.165, 1.54) is 48.3 Å². The van der Waals surface area contributed by atoms with Crippen LogP contribution in [0.1, 0.15) is 0 Å². The van der Waals surface area contributed by atoms with Crippen LogP contribution in [0.3, 0.4) is 0 Å². The first kappa shape index (κ1) is 31.8. The predicted octanol–water partition coefficient (Wildman–Crippen LogP) is 13.6. The number of para-hydroxylation sites is 1. The fourth-order valence-electron chi connectivity index (χ4n) is 7.60. The first-order valence-corrected chi connectivity index (χ1v) is 19.0. The molecule has 0 N–H and O–H groups in total. The van der Waals surface area contributed by atoms with E-state index >= 15 is 0 Å². The van der Waals surface area contributed by atoms with E-state index in [9.17, 15) is 0 Å². The van der Waals surface area contributed by atoms with E-state index < -0.39 is 0 Å². The Morgan fingerprint density at radius 2 is 0.889 bits per heavy atom. The Morgan fingerprint density at radius 1 is 0.389 bits per heavy atom. The lowest BCUT2D eigenvalue weighted by molar-refractivity contribution is 1.13. The molecule has 3 nitrogen and oxygen atoms in total. The van der Waals surface area contributed by atoms with Gasteiger partial charge < -0.3 is 4.57 Å². The van der Waals surface area contributed by atoms with Crippen LogP contribution in [-0.4, -0.2) is 14.5 Å². The summed E-state index contributed by atoms with van der Waals surface area (Å²) in [6.45, 7) is 0. The smallest absolute Gasteiger partial charge is 0.160 e. The summed E-state index contributed by atoms with van der Waals surface area (Å²) in [4.78, 5) is 11.6. The zero-order valence-electron chi connectivity index (χ0n) is 29.3. The van der Waals surface area contributed by atoms with Crippen LogP contribution in [0.5, 0.6) is 0 Å². The van der Waals surface area contributed by atoms with Gasteiger partial charge in [-0.1, -0.05) is 170 Å². The zero-order chi connectivity index (χ0) is 35.8. The van der Waals surface area contributed by atoms with Crippen molar-refractivity contribution in [1.29, 1.82) is 0 Å². The van der Waals surface area contributed by atoms with E-state index in [1.54, 1.807) is 0 Å². The third-order valence-electron chi connectivity index (χ3n) is 10.0. The van der Waals surface area contributed by atoms with Gasteiger partial charge in [-0.05, 0) is 41.5 Å². The summed E-state index contributed by atoms with van der Waals surface area (Å²) >= 11 is 1.86. The van der Waals surface area contributed by atoms with Crippen molar-refractivity contribution in [2.45, 2.75) is 0 Å². The first-order valence-electron chi connectivity index (χ1n) is 18.2. The Bertz CT molecular complexity index is 2850. The molecule has 0 saturated heterocycles.